The van der Waals surface area contributed by atoms with Crippen LogP contribution in [0.15, 0.2) is 9.21 Å². The van der Waals surface area contributed by atoms with Gasteiger partial charge < -0.3 is 18.8 Å². The Balaban J connectivity index is 1.61. The Morgan fingerprint density at radius 3 is 2.81 bits per heavy atom. The van der Waals surface area contributed by atoms with E-state index in [4.69, 9.17) is 13.9 Å². The second kappa shape index (κ2) is 5.98. The van der Waals surface area contributed by atoms with E-state index >= 15 is 0 Å². The summed E-state index contributed by atoms with van der Waals surface area (Å²) >= 11 is 0. The van der Waals surface area contributed by atoms with Crippen molar-refractivity contribution >= 4 is 5.91 Å². The molecule has 8 heteroatoms. The molecule has 3 rings (SSSR count). The van der Waals surface area contributed by atoms with Crippen LogP contribution in [0.5, 0.6) is 0 Å². The van der Waals surface area contributed by atoms with Crippen LogP contribution in [0.25, 0.3) is 0 Å². The van der Waals surface area contributed by atoms with E-state index in [0.717, 1.165) is 24.1 Å². The third kappa shape index (κ3) is 3.16. The second-order valence-corrected chi connectivity index (χ2v) is 5.35. The summed E-state index contributed by atoms with van der Waals surface area (Å²) < 4.78 is 17.2. The highest BCUT2D eigenvalue weighted by Gasteiger charge is 2.33. The molecule has 2 unspecified atom stereocenters. The lowest BCUT2D eigenvalue weighted by Gasteiger charge is -2.35. The van der Waals surface area contributed by atoms with Crippen LogP contribution in [0.2, 0.25) is 0 Å². The molecule has 0 N–H and O–H groups in total. The number of aromatic nitrogens is 2. The molecule has 3 heterocycles. The number of rotatable bonds is 3. The zero-order valence-electron chi connectivity index (χ0n) is 12.0. The standard InChI is InChI=1S/C13H19N3O5/c1-9-14-16(13(18)21-9)8-12(17)15-4-6-20-11(7-15)10-3-2-5-19-10/h10-11H,2-8H2,1H3. The summed E-state index contributed by atoms with van der Waals surface area (Å²) in [5.74, 6) is -0.506. The lowest BCUT2D eigenvalue weighted by molar-refractivity contribution is -0.145. The maximum atomic E-state index is 12.3. The minimum Gasteiger partial charge on any atom is -0.393 e. The molecule has 2 aliphatic heterocycles. The van der Waals surface area contributed by atoms with Crippen molar-refractivity contribution in [3.63, 3.8) is 0 Å². The molecule has 116 valence electrons. The van der Waals surface area contributed by atoms with Gasteiger partial charge in [0.15, 0.2) is 0 Å². The van der Waals surface area contributed by atoms with E-state index < -0.39 is 5.76 Å². The van der Waals surface area contributed by atoms with Gasteiger partial charge in [-0.1, -0.05) is 0 Å². The topological polar surface area (TPSA) is 86.8 Å². The summed E-state index contributed by atoms with van der Waals surface area (Å²) in [7, 11) is 0. The molecule has 0 aliphatic carbocycles. The van der Waals surface area contributed by atoms with E-state index in [1.807, 2.05) is 0 Å². The van der Waals surface area contributed by atoms with Crippen molar-refractivity contribution in [2.24, 2.45) is 0 Å². The first kappa shape index (κ1) is 14.3. The van der Waals surface area contributed by atoms with Gasteiger partial charge in [-0.05, 0) is 12.8 Å². The lowest BCUT2D eigenvalue weighted by atomic mass is 10.1. The smallest absolute Gasteiger partial charge is 0.393 e. The number of hydrogen-bond donors (Lipinski definition) is 0. The van der Waals surface area contributed by atoms with Gasteiger partial charge in [-0.2, -0.15) is 4.68 Å². The fourth-order valence-electron chi connectivity index (χ4n) is 2.76. The van der Waals surface area contributed by atoms with E-state index in [1.54, 1.807) is 11.8 Å². The van der Waals surface area contributed by atoms with Gasteiger partial charge in [0.1, 0.15) is 12.6 Å². The van der Waals surface area contributed by atoms with Crippen molar-refractivity contribution < 1.29 is 18.7 Å². The summed E-state index contributed by atoms with van der Waals surface area (Å²) in [6.45, 7) is 3.73. The van der Waals surface area contributed by atoms with Crippen molar-refractivity contribution in [2.45, 2.75) is 38.5 Å². The van der Waals surface area contributed by atoms with Crippen LogP contribution in [0, 0.1) is 6.92 Å². The Labute approximate surface area is 121 Å². The van der Waals surface area contributed by atoms with Crippen molar-refractivity contribution in [1.29, 1.82) is 0 Å². The summed E-state index contributed by atoms with van der Waals surface area (Å²) in [4.78, 5) is 25.4. The molecule has 2 atom stereocenters. The third-order valence-corrected chi connectivity index (χ3v) is 3.82. The van der Waals surface area contributed by atoms with Gasteiger partial charge >= 0.3 is 5.76 Å². The van der Waals surface area contributed by atoms with Gasteiger partial charge in [0.05, 0.1) is 12.7 Å². The molecule has 2 saturated heterocycles. The molecule has 1 amide bonds. The fraction of sp³-hybridized carbons (Fsp3) is 0.769. The van der Waals surface area contributed by atoms with Crippen LogP contribution in [-0.4, -0.2) is 59.1 Å². The van der Waals surface area contributed by atoms with Crippen molar-refractivity contribution in [3.05, 3.63) is 16.4 Å². The van der Waals surface area contributed by atoms with Crippen LogP contribution in [0.1, 0.15) is 18.7 Å². The highest BCUT2D eigenvalue weighted by Crippen LogP contribution is 2.21. The maximum absolute atomic E-state index is 12.3. The summed E-state index contributed by atoms with van der Waals surface area (Å²) in [5, 5.41) is 3.88. The van der Waals surface area contributed by atoms with Crippen LogP contribution in [0.4, 0.5) is 0 Å². The normalized spacial score (nSPS) is 26.2. The second-order valence-electron chi connectivity index (χ2n) is 5.35. The molecule has 0 saturated carbocycles. The number of morpholine rings is 1. The Morgan fingerprint density at radius 2 is 2.14 bits per heavy atom. The molecule has 8 nitrogen and oxygen atoms in total. The van der Waals surface area contributed by atoms with Crippen molar-refractivity contribution in [2.75, 3.05) is 26.3 Å². The predicted molar refractivity (Wildman–Crippen MR) is 70.8 cm³/mol. The van der Waals surface area contributed by atoms with Gasteiger partial charge in [-0.25, -0.2) is 4.79 Å². The quantitative estimate of drug-likeness (QED) is 0.751. The van der Waals surface area contributed by atoms with Gasteiger partial charge in [0.2, 0.25) is 11.8 Å². The molecule has 1 aromatic rings. The number of aryl methyl sites for hydroxylation is 1. The fourth-order valence-corrected chi connectivity index (χ4v) is 2.76. The van der Waals surface area contributed by atoms with Gasteiger partial charge in [0, 0.05) is 26.6 Å². The molecule has 0 radical (unpaired) electrons. The first-order chi connectivity index (χ1) is 10.1. The van der Waals surface area contributed by atoms with Crippen molar-refractivity contribution in [1.82, 2.24) is 14.7 Å². The van der Waals surface area contributed by atoms with Crippen LogP contribution >= 0.6 is 0 Å². The van der Waals surface area contributed by atoms with E-state index in [2.05, 4.69) is 5.10 Å². The van der Waals surface area contributed by atoms with Gasteiger partial charge in [0.25, 0.3) is 0 Å². The first-order valence-corrected chi connectivity index (χ1v) is 7.19. The summed E-state index contributed by atoms with van der Waals surface area (Å²) in [5.41, 5.74) is 0. The third-order valence-electron chi connectivity index (χ3n) is 3.82. The van der Waals surface area contributed by atoms with Crippen LogP contribution < -0.4 is 5.76 Å². The molecule has 0 bridgehead atoms. The zero-order valence-corrected chi connectivity index (χ0v) is 12.0. The molecular weight excluding hydrogens is 278 g/mol. The number of carbonyl (C=O) groups is 1. The summed E-state index contributed by atoms with van der Waals surface area (Å²) in [6, 6.07) is 0. The number of ether oxygens (including phenoxy) is 2. The summed E-state index contributed by atoms with van der Waals surface area (Å²) in [6.07, 6.45) is 1.99. The highest BCUT2D eigenvalue weighted by atomic mass is 16.5. The molecular formula is C13H19N3O5. The molecule has 2 aliphatic rings. The number of hydrogen-bond acceptors (Lipinski definition) is 6. The Kier molecular flexibility index (Phi) is 4.07. The minimum absolute atomic E-state index is 0.0672. The SMILES string of the molecule is Cc1nn(CC(=O)N2CCOC(C3CCCO3)C2)c(=O)o1. The van der Waals surface area contributed by atoms with Gasteiger partial charge in [-0.3, -0.25) is 4.79 Å². The van der Waals surface area contributed by atoms with Crippen LogP contribution in [-0.2, 0) is 20.8 Å². The van der Waals surface area contributed by atoms with Gasteiger partial charge in [-0.15, -0.1) is 5.10 Å². The average Bonchev–Trinajstić information content (AvgIpc) is 3.09. The number of carbonyl (C=O) groups excluding carboxylic acids is 1. The average molecular weight is 297 g/mol. The molecule has 0 aromatic carbocycles. The lowest BCUT2D eigenvalue weighted by Crippen LogP contribution is -2.50. The number of nitrogens with zero attached hydrogens (tertiary/aromatic N) is 3. The molecule has 21 heavy (non-hydrogen) atoms. The van der Waals surface area contributed by atoms with E-state index in [9.17, 15) is 9.59 Å². The minimum atomic E-state index is -0.607. The molecule has 0 spiro atoms. The highest BCUT2D eigenvalue weighted by molar-refractivity contribution is 5.76. The predicted octanol–water partition coefficient (Wildman–Crippen LogP) is -0.449. The number of amides is 1. The monoisotopic (exact) mass is 297 g/mol. The van der Waals surface area contributed by atoms with Crippen LogP contribution in [0.3, 0.4) is 0 Å². The van der Waals surface area contributed by atoms with E-state index in [1.165, 1.54) is 0 Å². The van der Waals surface area contributed by atoms with E-state index in [0.29, 0.717) is 19.7 Å². The largest absolute Gasteiger partial charge is 0.437 e. The molecule has 1 aromatic heterocycles. The Hall–Kier alpha value is -1.67. The van der Waals surface area contributed by atoms with E-state index in [-0.39, 0.29) is 30.6 Å². The zero-order chi connectivity index (χ0) is 14.8. The molecule has 2 fully saturated rings. The Morgan fingerprint density at radius 1 is 1.33 bits per heavy atom. The van der Waals surface area contributed by atoms with Crippen molar-refractivity contribution in [3.8, 4) is 0 Å². The maximum Gasteiger partial charge on any atom is 0.437 e. The Bertz CT molecular complexity index is 560. The first-order valence-electron chi connectivity index (χ1n) is 7.19.